The van der Waals surface area contributed by atoms with E-state index in [0.29, 0.717) is 6.42 Å². The molecule has 4 nitrogen and oxygen atoms in total. The minimum absolute atomic E-state index is 0.0228. The number of Topliss-reactive ketones (excluding diaryl/α,β-unsaturated/α-hetero) is 1. The molecule has 1 aliphatic carbocycles. The molecule has 1 aliphatic heterocycles. The van der Waals surface area contributed by atoms with Crippen molar-refractivity contribution < 1.29 is 14.3 Å². The number of carbonyl (C=O) groups excluding carboxylic acids is 2. The Balaban J connectivity index is 1.67. The summed E-state index contributed by atoms with van der Waals surface area (Å²) in [5.41, 5.74) is 3.38. The van der Waals surface area contributed by atoms with E-state index in [1.54, 1.807) is 12.0 Å². The van der Waals surface area contributed by atoms with E-state index in [4.69, 9.17) is 4.74 Å². The van der Waals surface area contributed by atoms with E-state index in [1.807, 2.05) is 60.7 Å². The van der Waals surface area contributed by atoms with Gasteiger partial charge in [-0.05, 0) is 41.8 Å². The van der Waals surface area contributed by atoms with E-state index in [9.17, 15) is 9.59 Å². The number of carbonyl (C=O) groups is 2. The van der Waals surface area contributed by atoms with E-state index in [2.05, 4.69) is 6.07 Å². The molecule has 0 N–H and O–H groups in total. The van der Waals surface area contributed by atoms with Crippen LogP contribution >= 0.6 is 0 Å². The Hall–Kier alpha value is -3.40. The number of ether oxygens (including phenoxy) is 1. The van der Waals surface area contributed by atoms with Gasteiger partial charge in [0.05, 0.1) is 7.11 Å². The molecule has 2 aliphatic rings. The second-order valence-electron chi connectivity index (χ2n) is 7.90. The number of para-hydroxylation sites is 1. The van der Waals surface area contributed by atoms with Crippen molar-refractivity contribution in [1.82, 2.24) is 0 Å². The van der Waals surface area contributed by atoms with E-state index >= 15 is 0 Å². The van der Waals surface area contributed by atoms with Crippen LogP contribution in [0.3, 0.4) is 0 Å². The SMILES string of the molecule is COc1ccccc1C1CC(=O)N(c2ccc3ccccc3c2)C2=C1C(=O)CCC2. The standard InChI is InChI=1S/C26H23NO3/c1-30-24-12-5-4-9-20(24)21-16-25(29)27(22-10-6-11-23(28)26(21)22)19-14-13-17-7-2-3-8-18(17)15-19/h2-5,7-9,12-15,21H,6,10-11,16H2,1H3. The molecule has 1 amide bonds. The van der Waals surface area contributed by atoms with Crippen LogP contribution in [-0.4, -0.2) is 18.8 Å². The van der Waals surface area contributed by atoms with Gasteiger partial charge in [0.1, 0.15) is 5.75 Å². The first-order valence-corrected chi connectivity index (χ1v) is 10.4. The van der Waals surface area contributed by atoms with Gasteiger partial charge in [-0.2, -0.15) is 0 Å². The van der Waals surface area contributed by atoms with Gasteiger partial charge in [0.2, 0.25) is 5.91 Å². The highest BCUT2D eigenvalue weighted by atomic mass is 16.5. The Morgan fingerprint density at radius 1 is 0.900 bits per heavy atom. The number of nitrogens with zero attached hydrogens (tertiary/aromatic N) is 1. The molecule has 5 rings (SSSR count). The lowest BCUT2D eigenvalue weighted by Crippen LogP contribution is -2.40. The molecule has 3 aromatic rings. The minimum Gasteiger partial charge on any atom is -0.496 e. The molecule has 0 radical (unpaired) electrons. The molecule has 0 saturated carbocycles. The van der Waals surface area contributed by atoms with Crippen LogP contribution in [0.1, 0.15) is 37.2 Å². The van der Waals surface area contributed by atoms with Crippen LogP contribution in [0.15, 0.2) is 78.0 Å². The number of allylic oxidation sites excluding steroid dienone is 2. The highest BCUT2D eigenvalue weighted by molar-refractivity contribution is 6.08. The lowest BCUT2D eigenvalue weighted by Gasteiger charge is -2.38. The smallest absolute Gasteiger partial charge is 0.232 e. The molecule has 3 aromatic carbocycles. The fourth-order valence-electron chi connectivity index (χ4n) is 4.83. The molecule has 4 heteroatoms. The molecule has 150 valence electrons. The zero-order valence-electron chi connectivity index (χ0n) is 16.9. The average Bonchev–Trinajstić information content (AvgIpc) is 2.78. The van der Waals surface area contributed by atoms with Crippen LogP contribution in [0.5, 0.6) is 5.75 Å². The van der Waals surface area contributed by atoms with Gasteiger partial charge in [0.25, 0.3) is 0 Å². The lowest BCUT2D eigenvalue weighted by molar-refractivity contribution is -0.119. The highest BCUT2D eigenvalue weighted by Gasteiger charge is 2.40. The van der Waals surface area contributed by atoms with Crippen molar-refractivity contribution in [3.05, 3.63) is 83.6 Å². The summed E-state index contributed by atoms with van der Waals surface area (Å²) in [5.74, 6) is 0.632. The van der Waals surface area contributed by atoms with E-state index < -0.39 is 0 Å². The highest BCUT2D eigenvalue weighted by Crippen LogP contribution is 2.45. The van der Waals surface area contributed by atoms with Crippen LogP contribution in [0.25, 0.3) is 10.8 Å². The second kappa shape index (κ2) is 7.45. The summed E-state index contributed by atoms with van der Waals surface area (Å²) in [5, 5.41) is 2.21. The largest absolute Gasteiger partial charge is 0.496 e. The summed E-state index contributed by atoms with van der Waals surface area (Å²) in [7, 11) is 1.63. The monoisotopic (exact) mass is 397 g/mol. The Morgan fingerprint density at radius 2 is 1.67 bits per heavy atom. The van der Waals surface area contributed by atoms with Gasteiger partial charge in [0.15, 0.2) is 5.78 Å². The number of benzene rings is 3. The number of methoxy groups -OCH3 is 1. The van der Waals surface area contributed by atoms with Gasteiger partial charge in [0, 0.05) is 41.3 Å². The Labute approximate surface area is 175 Å². The third-order valence-electron chi connectivity index (χ3n) is 6.18. The van der Waals surface area contributed by atoms with Crippen molar-refractivity contribution in [2.45, 2.75) is 31.6 Å². The number of ketones is 1. The lowest BCUT2D eigenvalue weighted by atomic mass is 9.77. The summed E-state index contributed by atoms with van der Waals surface area (Å²) in [4.78, 5) is 28.3. The van der Waals surface area contributed by atoms with Gasteiger partial charge in [-0.15, -0.1) is 0 Å². The first-order valence-electron chi connectivity index (χ1n) is 10.4. The first-order chi connectivity index (χ1) is 14.7. The summed E-state index contributed by atoms with van der Waals surface area (Å²) in [6.45, 7) is 0. The first kappa shape index (κ1) is 18.6. The van der Waals surface area contributed by atoms with E-state index in [-0.39, 0.29) is 24.0 Å². The molecular weight excluding hydrogens is 374 g/mol. The molecule has 1 heterocycles. The van der Waals surface area contributed by atoms with Crippen molar-refractivity contribution >= 4 is 28.2 Å². The fraction of sp³-hybridized carbons (Fsp3) is 0.231. The van der Waals surface area contributed by atoms with Crippen LogP contribution in [-0.2, 0) is 9.59 Å². The van der Waals surface area contributed by atoms with Gasteiger partial charge >= 0.3 is 0 Å². The molecule has 0 spiro atoms. The summed E-state index contributed by atoms with van der Waals surface area (Å²) >= 11 is 0. The van der Waals surface area contributed by atoms with E-state index in [1.165, 1.54) is 0 Å². The Bertz CT molecular complexity index is 1190. The maximum Gasteiger partial charge on any atom is 0.232 e. The topological polar surface area (TPSA) is 46.6 Å². The predicted molar refractivity (Wildman–Crippen MR) is 118 cm³/mol. The van der Waals surface area contributed by atoms with E-state index in [0.717, 1.165) is 51.9 Å². The number of hydrogen-bond acceptors (Lipinski definition) is 3. The maximum absolute atomic E-state index is 13.4. The number of hydrogen-bond donors (Lipinski definition) is 0. The average molecular weight is 397 g/mol. The molecule has 1 atom stereocenters. The third-order valence-corrected chi connectivity index (χ3v) is 6.18. The van der Waals surface area contributed by atoms with Gasteiger partial charge in [-0.25, -0.2) is 0 Å². The Kier molecular flexibility index (Phi) is 4.62. The molecule has 0 fully saturated rings. The number of rotatable bonds is 3. The van der Waals surface area contributed by atoms with Crippen molar-refractivity contribution in [3.63, 3.8) is 0 Å². The maximum atomic E-state index is 13.4. The molecule has 0 saturated heterocycles. The van der Waals surface area contributed by atoms with Gasteiger partial charge in [-0.1, -0.05) is 48.5 Å². The minimum atomic E-state index is -0.256. The van der Waals surface area contributed by atoms with Gasteiger partial charge in [-0.3, -0.25) is 14.5 Å². The van der Waals surface area contributed by atoms with Crippen molar-refractivity contribution in [2.75, 3.05) is 12.0 Å². The number of fused-ring (bicyclic) bond motifs is 1. The zero-order chi connectivity index (χ0) is 20.7. The van der Waals surface area contributed by atoms with Crippen molar-refractivity contribution in [3.8, 4) is 5.75 Å². The van der Waals surface area contributed by atoms with Crippen LogP contribution in [0, 0.1) is 0 Å². The summed E-state index contributed by atoms with van der Waals surface area (Å²) in [6.07, 6.45) is 2.29. The third kappa shape index (κ3) is 3.00. The molecular formula is C26H23NO3. The number of amides is 1. The molecule has 30 heavy (non-hydrogen) atoms. The van der Waals surface area contributed by atoms with Crippen LogP contribution < -0.4 is 9.64 Å². The summed E-state index contributed by atoms with van der Waals surface area (Å²) < 4.78 is 5.55. The van der Waals surface area contributed by atoms with Crippen LogP contribution in [0.4, 0.5) is 5.69 Å². The second-order valence-corrected chi connectivity index (χ2v) is 7.90. The van der Waals surface area contributed by atoms with Crippen LogP contribution in [0.2, 0.25) is 0 Å². The normalized spacial score (nSPS) is 19.2. The van der Waals surface area contributed by atoms with Crippen molar-refractivity contribution in [2.24, 2.45) is 0 Å². The molecule has 0 bridgehead atoms. The quantitative estimate of drug-likeness (QED) is 0.596. The zero-order valence-corrected chi connectivity index (χ0v) is 16.9. The van der Waals surface area contributed by atoms with Gasteiger partial charge < -0.3 is 4.74 Å². The van der Waals surface area contributed by atoms with Crippen molar-refractivity contribution in [1.29, 1.82) is 0 Å². The molecule has 0 aromatic heterocycles. The Morgan fingerprint density at radius 3 is 2.50 bits per heavy atom. The fourth-order valence-corrected chi connectivity index (χ4v) is 4.83. The summed E-state index contributed by atoms with van der Waals surface area (Å²) in [6, 6.07) is 21.9. The molecule has 1 unspecified atom stereocenters. The predicted octanol–water partition coefficient (Wildman–Crippen LogP) is 5.38. The number of anilines is 1.